The number of hydrogen-bond acceptors (Lipinski definition) is 2. The lowest BCUT2D eigenvalue weighted by Gasteiger charge is -2.38. The van der Waals surface area contributed by atoms with Crippen LogP contribution in [0.2, 0.25) is 0 Å². The summed E-state index contributed by atoms with van der Waals surface area (Å²) in [6.45, 7) is 1.91. The molecule has 98 valence electrons. The quantitative estimate of drug-likeness (QED) is 0.805. The molecule has 1 saturated carbocycles. The van der Waals surface area contributed by atoms with Gasteiger partial charge in [0.05, 0.1) is 5.92 Å². The fourth-order valence-electron chi connectivity index (χ4n) is 3.34. The first kappa shape index (κ1) is 12.9. The summed E-state index contributed by atoms with van der Waals surface area (Å²) in [6, 6.07) is 0.664. The molecule has 0 radical (unpaired) electrons. The number of aliphatic carboxylic acids is 1. The van der Waals surface area contributed by atoms with E-state index in [1.165, 1.54) is 44.9 Å². The van der Waals surface area contributed by atoms with Crippen molar-refractivity contribution in [2.75, 3.05) is 13.1 Å². The fourth-order valence-corrected chi connectivity index (χ4v) is 3.34. The number of piperidine rings is 1. The van der Waals surface area contributed by atoms with Crippen LogP contribution in [0.25, 0.3) is 0 Å². The van der Waals surface area contributed by atoms with Gasteiger partial charge in [-0.25, -0.2) is 0 Å². The summed E-state index contributed by atoms with van der Waals surface area (Å²) in [6.07, 6.45) is 11.3. The average Bonchev–Trinajstić information content (AvgIpc) is 2.28. The van der Waals surface area contributed by atoms with E-state index in [9.17, 15) is 4.79 Å². The van der Waals surface area contributed by atoms with Gasteiger partial charge in [0, 0.05) is 12.6 Å². The van der Waals surface area contributed by atoms with Gasteiger partial charge >= 0.3 is 5.97 Å². The minimum absolute atomic E-state index is 0.116. The number of carboxylic acids is 1. The van der Waals surface area contributed by atoms with Crippen molar-refractivity contribution in [2.24, 2.45) is 5.92 Å². The Kier molecular flexibility index (Phi) is 4.84. The van der Waals surface area contributed by atoms with Crippen LogP contribution >= 0.6 is 0 Å². The van der Waals surface area contributed by atoms with Crippen LogP contribution in [-0.4, -0.2) is 35.1 Å². The molecule has 2 aliphatic rings. The molecule has 2 fully saturated rings. The molecule has 1 atom stereocenters. The lowest BCUT2D eigenvalue weighted by molar-refractivity contribution is -0.144. The van der Waals surface area contributed by atoms with Gasteiger partial charge in [-0.15, -0.1) is 0 Å². The molecule has 3 heteroatoms. The molecule has 0 aromatic heterocycles. The molecule has 3 nitrogen and oxygen atoms in total. The van der Waals surface area contributed by atoms with Crippen LogP contribution in [-0.2, 0) is 4.79 Å². The molecule has 1 saturated heterocycles. The zero-order valence-corrected chi connectivity index (χ0v) is 10.7. The lowest BCUT2D eigenvalue weighted by Crippen LogP contribution is -2.44. The predicted molar refractivity (Wildman–Crippen MR) is 68.0 cm³/mol. The van der Waals surface area contributed by atoms with Crippen molar-refractivity contribution in [1.82, 2.24) is 4.90 Å². The first-order valence-electron chi connectivity index (χ1n) is 7.24. The van der Waals surface area contributed by atoms with E-state index in [1.54, 1.807) is 0 Å². The van der Waals surface area contributed by atoms with Crippen LogP contribution in [0.4, 0.5) is 0 Å². The van der Waals surface area contributed by atoms with Crippen molar-refractivity contribution in [3.05, 3.63) is 0 Å². The van der Waals surface area contributed by atoms with Gasteiger partial charge in [-0.1, -0.05) is 32.1 Å². The molecule has 0 bridgehead atoms. The van der Waals surface area contributed by atoms with Crippen molar-refractivity contribution in [3.8, 4) is 0 Å². The van der Waals surface area contributed by atoms with Gasteiger partial charge in [0.2, 0.25) is 0 Å². The Hall–Kier alpha value is -0.570. The second kappa shape index (κ2) is 6.39. The predicted octanol–water partition coefficient (Wildman–Crippen LogP) is 2.90. The lowest BCUT2D eigenvalue weighted by atomic mass is 9.91. The number of carbonyl (C=O) groups is 1. The Balaban J connectivity index is 1.88. The van der Waals surface area contributed by atoms with Crippen molar-refractivity contribution in [2.45, 2.75) is 63.8 Å². The van der Waals surface area contributed by atoms with E-state index >= 15 is 0 Å². The molecular formula is C14H25NO2. The third-order valence-electron chi connectivity index (χ3n) is 4.39. The van der Waals surface area contributed by atoms with Crippen molar-refractivity contribution >= 4 is 5.97 Å². The molecule has 1 heterocycles. The highest BCUT2D eigenvalue weighted by atomic mass is 16.4. The van der Waals surface area contributed by atoms with Crippen LogP contribution in [0.5, 0.6) is 0 Å². The highest BCUT2D eigenvalue weighted by Crippen LogP contribution is 2.26. The van der Waals surface area contributed by atoms with E-state index in [1.807, 2.05) is 0 Å². The topological polar surface area (TPSA) is 40.5 Å². The number of carboxylic acid groups (broad SMARTS) is 1. The van der Waals surface area contributed by atoms with Crippen LogP contribution in [0.15, 0.2) is 0 Å². The molecule has 0 aromatic rings. The summed E-state index contributed by atoms with van der Waals surface area (Å²) >= 11 is 0. The third kappa shape index (κ3) is 3.70. The summed E-state index contributed by atoms with van der Waals surface area (Å²) in [5.41, 5.74) is 0. The highest BCUT2D eigenvalue weighted by Gasteiger charge is 2.29. The molecule has 1 aliphatic heterocycles. The third-order valence-corrected chi connectivity index (χ3v) is 4.39. The molecule has 0 amide bonds. The SMILES string of the molecule is O=C(O)[C@@H]1CCCN(C2CCCCCCC2)C1. The van der Waals surface area contributed by atoms with E-state index < -0.39 is 5.97 Å². The van der Waals surface area contributed by atoms with Gasteiger partial charge < -0.3 is 5.11 Å². The largest absolute Gasteiger partial charge is 0.481 e. The Bertz CT molecular complexity index is 247. The maximum absolute atomic E-state index is 11.1. The Morgan fingerprint density at radius 1 is 0.941 bits per heavy atom. The van der Waals surface area contributed by atoms with Crippen LogP contribution < -0.4 is 0 Å². The van der Waals surface area contributed by atoms with Gasteiger partial charge in [0.25, 0.3) is 0 Å². The van der Waals surface area contributed by atoms with E-state index in [0.29, 0.717) is 6.04 Å². The minimum atomic E-state index is -0.597. The Labute approximate surface area is 104 Å². The summed E-state index contributed by atoms with van der Waals surface area (Å²) in [4.78, 5) is 13.5. The van der Waals surface area contributed by atoms with Crippen molar-refractivity contribution in [1.29, 1.82) is 0 Å². The minimum Gasteiger partial charge on any atom is -0.481 e. The van der Waals surface area contributed by atoms with Gasteiger partial charge in [-0.2, -0.15) is 0 Å². The van der Waals surface area contributed by atoms with Crippen LogP contribution in [0, 0.1) is 5.92 Å². The zero-order valence-electron chi connectivity index (χ0n) is 10.7. The molecular weight excluding hydrogens is 214 g/mol. The number of hydrogen-bond donors (Lipinski definition) is 1. The monoisotopic (exact) mass is 239 g/mol. The number of likely N-dealkylation sites (tertiary alicyclic amines) is 1. The van der Waals surface area contributed by atoms with Crippen LogP contribution in [0.3, 0.4) is 0 Å². The summed E-state index contributed by atoms with van der Waals surface area (Å²) < 4.78 is 0. The molecule has 1 N–H and O–H groups in total. The molecule has 17 heavy (non-hydrogen) atoms. The maximum Gasteiger partial charge on any atom is 0.307 e. The van der Waals surface area contributed by atoms with E-state index in [2.05, 4.69) is 4.90 Å². The normalized spacial score (nSPS) is 29.5. The molecule has 2 rings (SSSR count). The summed E-state index contributed by atoms with van der Waals surface area (Å²) in [5.74, 6) is -0.713. The second-order valence-electron chi connectivity index (χ2n) is 5.67. The van der Waals surface area contributed by atoms with Gasteiger partial charge in [0.1, 0.15) is 0 Å². The van der Waals surface area contributed by atoms with Crippen LogP contribution in [0.1, 0.15) is 57.8 Å². The molecule has 0 spiro atoms. The smallest absolute Gasteiger partial charge is 0.307 e. The Morgan fingerprint density at radius 2 is 1.59 bits per heavy atom. The van der Waals surface area contributed by atoms with Gasteiger partial charge in [0.15, 0.2) is 0 Å². The molecule has 0 aromatic carbocycles. The average molecular weight is 239 g/mol. The maximum atomic E-state index is 11.1. The van der Waals surface area contributed by atoms with Gasteiger partial charge in [-0.3, -0.25) is 9.69 Å². The second-order valence-corrected chi connectivity index (χ2v) is 5.67. The summed E-state index contributed by atoms with van der Waals surface area (Å²) in [7, 11) is 0. The zero-order chi connectivity index (χ0) is 12.1. The Morgan fingerprint density at radius 3 is 2.24 bits per heavy atom. The molecule has 0 unspecified atom stereocenters. The van der Waals surface area contributed by atoms with E-state index in [0.717, 1.165) is 25.9 Å². The fraction of sp³-hybridized carbons (Fsp3) is 0.929. The summed E-state index contributed by atoms with van der Waals surface area (Å²) in [5, 5.41) is 9.13. The van der Waals surface area contributed by atoms with Gasteiger partial charge in [-0.05, 0) is 32.2 Å². The van der Waals surface area contributed by atoms with E-state index in [-0.39, 0.29) is 5.92 Å². The molecule has 1 aliphatic carbocycles. The van der Waals surface area contributed by atoms with Crippen molar-refractivity contribution in [3.63, 3.8) is 0 Å². The first-order valence-corrected chi connectivity index (χ1v) is 7.24. The highest BCUT2D eigenvalue weighted by molar-refractivity contribution is 5.70. The van der Waals surface area contributed by atoms with E-state index in [4.69, 9.17) is 5.11 Å². The number of nitrogens with zero attached hydrogens (tertiary/aromatic N) is 1. The number of rotatable bonds is 2. The standard InChI is InChI=1S/C14H25NO2/c16-14(17)12-7-6-10-15(11-12)13-8-4-2-1-3-5-9-13/h12-13H,1-11H2,(H,16,17)/t12-/m1/s1. The first-order chi connectivity index (χ1) is 8.27. The van der Waals surface area contributed by atoms with Crippen molar-refractivity contribution < 1.29 is 9.90 Å².